The number of H-pyrrole nitrogens is 1. The SMILES string of the molecule is COc1cc(-c2csc(N)[nH+]2)cc(OC)c1OC. The Morgan fingerprint density at radius 1 is 1.06 bits per heavy atom. The number of hydrogen-bond donors (Lipinski definition) is 1. The maximum atomic E-state index is 5.69. The summed E-state index contributed by atoms with van der Waals surface area (Å²) in [5.41, 5.74) is 7.53. The zero-order valence-corrected chi connectivity index (χ0v) is 11.3. The second-order valence-corrected chi connectivity index (χ2v) is 4.46. The Morgan fingerprint density at radius 3 is 2.06 bits per heavy atom. The molecule has 3 N–H and O–H groups in total. The quantitative estimate of drug-likeness (QED) is 0.917. The normalized spacial score (nSPS) is 10.2. The number of benzene rings is 1. The summed E-state index contributed by atoms with van der Waals surface area (Å²) >= 11 is 1.45. The molecule has 0 unspecified atom stereocenters. The highest BCUT2D eigenvalue weighted by atomic mass is 32.1. The maximum absolute atomic E-state index is 5.69. The fourth-order valence-corrected chi connectivity index (χ4v) is 2.30. The molecule has 1 aromatic heterocycles. The number of aromatic nitrogens is 1. The number of nitrogens with two attached hydrogens (primary N) is 1. The lowest BCUT2D eigenvalue weighted by molar-refractivity contribution is -0.340. The van der Waals surface area contributed by atoms with E-state index in [-0.39, 0.29) is 0 Å². The highest BCUT2D eigenvalue weighted by Gasteiger charge is 2.16. The highest BCUT2D eigenvalue weighted by Crippen LogP contribution is 2.40. The first-order chi connectivity index (χ1) is 8.69. The summed E-state index contributed by atoms with van der Waals surface area (Å²) in [5.74, 6) is 1.81. The number of aromatic amines is 1. The van der Waals surface area contributed by atoms with Crippen LogP contribution in [0.5, 0.6) is 17.2 Å². The standard InChI is InChI=1S/C12H14N2O3S/c1-15-9-4-7(8-6-18-12(13)14-8)5-10(16-2)11(9)17-3/h4-6H,1-3H3,(H2,13,14)/p+1. The van der Waals surface area contributed by atoms with Crippen LogP contribution in [0.3, 0.4) is 0 Å². The molecule has 5 nitrogen and oxygen atoms in total. The molecule has 96 valence electrons. The van der Waals surface area contributed by atoms with E-state index >= 15 is 0 Å². The van der Waals surface area contributed by atoms with Gasteiger partial charge in [0.25, 0.3) is 0 Å². The van der Waals surface area contributed by atoms with E-state index in [2.05, 4.69) is 4.98 Å². The molecule has 6 heteroatoms. The molecule has 0 spiro atoms. The van der Waals surface area contributed by atoms with E-state index in [9.17, 15) is 0 Å². The molecule has 0 atom stereocenters. The van der Waals surface area contributed by atoms with E-state index in [0.717, 1.165) is 11.3 Å². The van der Waals surface area contributed by atoms with Gasteiger partial charge in [-0.3, -0.25) is 5.73 Å². The zero-order valence-electron chi connectivity index (χ0n) is 10.4. The number of methoxy groups -OCH3 is 3. The highest BCUT2D eigenvalue weighted by molar-refractivity contribution is 7.13. The topological polar surface area (TPSA) is 67.9 Å². The Hall–Kier alpha value is -1.95. The molecule has 0 aliphatic heterocycles. The zero-order chi connectivity index (χ0) is 13.1. The van der Waals surface area contributed by atoms with Crippen molar-refractivity contribution < 1.29 is 19.2 Å². The molecule has 1 aromatic carbocycles. The number of thiazole rings is 1. The predicted octanol–water partition coefficient (Wildman–Crippen LogP) is 1.84. The van der Waals surface area contributed by atoms with Crippen molar-refractivity contribution in [1.29, 1.82) is 0 Å². The van der Waals surface area contributed by atoms with Gasteiger partial charge in [-0.1, -0.05) is 11.3 Å². The summed E-state index contributed by atoms with van der Waals surface area (Å²) in [7, 11) is 4.76. The number of rotatable bonds is 4. The minimum atomic E-state index is 0.576. The van der Waals surface area contributed by atoms with Crippen molar-refractivity contribution in [2.24, 2.45) is 0 Å². The molecular formula is C12H15N2O3S+. The molecule has 0 amide bonds. The summed E-state index contributed by atoms with van der Waals surface area (Å²) in [6.45, 7) is 0. The van der Waals surface area contributed by atoms with Crippen LogP contribution in [0.2, 0.25) is 0 Å². The Morgan fingerprint density at radius 2 is 1.67 bits per heavy atom. The average Bonchev–Trinajstić information content (AvgIpc) is 2.83. The molecular weight excluding hydrogens is 252 g/mol. The van der Waals surface area contributed by atoms with E-state index in [1.807, 2.05) is 17.5 Å². The first-order valence-corrected chi connectivity index (χ1v) is 6.14. The number of nitrogen functional groups attached to an aromatic ring is 1. The van der Waals surface area contributed by atoms with Crippen LogP contribution in [-0.2, 0) is 0 Å². The van der Waals surface area contributed by atoms with Gasteiger partial charge in [0.1, 0.15) is 5.69 Å². The number of hydrogen-bond acceptors (Lipinski definition) is 5. The molecule has 0 saturated carbocycles. The molecule has 2 aromatic rings. The lowest BCUT2D eigenvalue weighted by Gasteiger charge is -2.12. The van der Waals surface area contributed by atoms with Crippen molar-refractivity contribution in [2.75, 3.05) is 27.1 Å². The van der Waals surface area contributed by atoms with Gasteiger partial charge in [-0.2, -0.15) is 0 Å². The lowest BCUT2D eigenvalue weighted by atomic mass is 10.1. The van der Waals surface area contributed by atoms with E-state index in [0.29, 0.717) is 22.4 Å². The first kappa shape index (κ1) is 12.5. The van der Waals surface area contributed by atoms with Gasteiger partial charge in [-0.05, 0) is 12.1 Å². The molecule has 0 fully saturated rings. The minimum absolute atomic E-state index is 0.576. The molecule has 1 heterocycles. The smallest absolute Gasteiger partial charge is 0.329 e. The van der Waals surface area contributed by atoms with Crippen molar-refractivity contribution in [1.82, 2.24) is 0 Å². The molecule has 0 saturated heterocycles. The van der Waals surface area contributed by atoms with Gasteiger partial charge in [0.15, 0.2) is 11.5 Å². The summed E-state index contributed by atoms with van der Waals surface area (Å²) in [6, 6.07) is 3.75. The fourth-order valence-electron chi connectivity index (χ4n) is 1.69. The Bertz CT molecular complexity index is 529. The third-order valence-electron chi connectivity index (χ3n) is 2.54. The van der Waals surface area contributed by atoms with Gasteiger partial charge in [0, 0.05) is 10.9 Å². The van der Waals surface area contributed by atoms with Gasteiger partial charge in [0.05, 0.1) is 21.3 Å². The Balaban J connectivity index is 2.56. The van der Waals surface area contributed by atoms with Crippen LogP contribution < -0.4 is 24.9 Å². The third-order valence-corrected chi connectivity index (χ3v) is 3.25. The van der Waals surface area contributed by atoms with Crippen LogP contribution in [0.15, 0.2) is 17.5 Å². The first-order valence-electron chi connectivity index (χ1n) is 5.26. The average molecular weight is 267 g/mol. The second kappa shape index (κ2) is 5.14. The van der Waals surface area contributed by atoms with Crippen LogP contribution in [0, 0.1) is 0 Å². The van der Waals surface area contributed by atoms with Gasteiger partial charge < -0.3 is 14.2 Å². The summed E-state index contributed by atoms with van der Waals surface area (Å²) < 4.78 is 15.9. The summed E-state index contributed by atoms with van der Waals surface area (Å²) in [6.07, 6.45) is 0. The Kier molecular flexibility index (Phi) is 3.57. The molecule has 18 heavy (non-hydrogen) atoms. The van der Waals surface area contributed by atoms with E-state index in [1.54, 1.807) is 21.3 Å². The second-order valence-electron chi connectivity index (χ2n) is 3.55. The largest absolute Gasteiger partial charge is 0.493 e. The van der Waals surface area contributed by atoms with E-state index in [1.165, 1.54) is 11.3 Å². The third kappa shape index (κ3) is 2.19. The monoisotopic (exact) mass is 267 g/mol. The van der Waals surface area contributed by atoms with Crippen LogP contribution in [0.25, 0.3) is 11.3 Å². The van der Waals surface area contributed by atoms with E-state index in [4.69, 9.17) is 19.9 Å². The van der Waals surface area contributed by atoms with Crippen LogP contribution >= 0.6 is 11.3 Å². The minimum Gasteiger partial charge on any atom is -0.493 e. The molecule has 0 radical (unpaired) electrons. The number of anilines is 1. The molecule has 0 aliphatic carbocycles. The van der Waals surface area contributed by atoms with Crippen molar-refractivity contribution in [3.05, 3.63) is 17.5 Å². The van der Waals surface area contributed by atoms with Crippen LogP contribution in [-0.4, -0.2) is 21.3 Å². The fraction of sp³-hybridized carbons (Fsp3) is 0.250. The van der Waals surface area contributed by atoms with Crippen molar-refractivity contribution >= 4 is 16.5 Å². The van der Waals surface area contributed by atoms with Crippen LogP contribution in [0.1, 0.15) is 0 Å². The summed E-state index contributed by atoms with van der Waals surface area (Å²) in [5, 5.41) is 2.59. The van der Waals surface area contributed by atoms with Crippen molar-refractivity contribution in [3.63, 3.8) is 0 Å². The van der Waals surface area contributed by atoms with Gasteiger partial charge >= 0.3 is 5.13 Å². The van der Waals surface area contributed by atoms with Crippen LogP contribution in [0.4, 0.5) is 5.13 Å². The maximum Gasteiger partial charge on any atom is 0.329 e. The Labute approximate surface area is 109 Å². The van der Waals surface area contributed by atoms with Gasteiger partial charge in [-0.15, -0.1) is 0 Å². The predicted molar refractivity (Wildman–Crippen MR) is 70.4 cm³/mol. The van der Waals surface area contributed by atoms with Gasteiger partial charge in [0.2, 0.25) is 5.75 Å². The molecule has 0 bridgehead atoms. The molecule has 2 rings (SSSR count). The molecule has 0 aliphatic rings. The number of ether oxygens (including phenoxy) is 3. The van der Waals surface area contributed by atoms with Crippen molar-refractivity contribution in [2.45, 2.75) is 0 Å². The lowest BCUT2D eigenvalue weighted by Crippen LogP contribution is -2.07. The number of nitrogens with one attached hydrogen (secondary N) is 1. The van der Waals surface area contributed by atoms with Gasteiger partial charge in [-0.25, -0.2) is 4.98 Å². The van der Waals surface area contributed by atoms with Crippen molar-refractivity contribution in [3.8, 4) is 28.5 Å². The van der Waals surface area contributed by atoms with E-state index < -0.39 is 0 Å². The summed E-state index contributed by atoms with van der Waals surface area (Å²) in [4.78, 5) is 3.08.